The number of halogens is 4. The SMILES string of the molecule is FC(F)(F)c1cnc(N2CC[C@]3(CCCNC3)C2)c(Cl)c1. The van der Waals surface area contributed by atoms with E-state index in [1.54, 1.807) is 0 Å². The highest BCUT2D eigenvalue weighted by atomic mass is 35.5. The van der Waals surface area contributed by atoms with E-state index in [1.165, 1.54) is 0 Å². The van der Waals surface area contributed by atoms with E-state index < -0.39 is 11.7 Å². The van der Waals surface area contributed by atoms with Crippen LogP contribution < -0.4 is 10.2 Å². The zero-order valence-corrected chi connectivity index (χ0v) is 12.3. The van der Waals surface area contributed by atoms with Crippen molar-refractivity contribution in [3.05, 3.63) is 22.8 Å². The van der Waals surface area contributed by atoms with Crippen molar-refractivity contribution in [2.45, 2.75) is 25.4 Å². The van der Waals surface area contributed by atoms with Gasteiger partial charge in [0.05, 0.1) is 10.6 Å². The number of nitrogens with one attached hydrogen (secondary N) is 1. The molecular formula is C14H17ClF3N3. The molecule has 0 radical (unpaired) electrons. The van der Waals surface area contributed by atoms with Gasteiger partial charge in [0.15, 0.2) is 0 Å². The molecule has 3 nitrogen and oxygen atoms in total. The van der Waals surface area contributed by atoms with E-state index in [0.29, 0.717) is 5.82 Å². The minimum atomic E-state index is -4.41. The third-order valence-electron chi connectivity index (χ3n) is 4.45. The summed E-state index contributed by atoms with van der Waals surface area (Å²) in [5, 5.41) is 3.48. The molecule has 0 saturated carbocycles. The summed E-state index contributed by atoms with van der Waals surface area (Å²) < 4.78 is 37.9. The molecular weight excluding hydrogens is 303 g/mol. The van der Waals surface area contributed by atoms with Gasteiger partial charge < -0.3 is 10.2 Å². The van der Waals surface area contributed by atoms with Gasteiger partial charge in [0.2, 0.25) is 0 Å². The zero-order chi connectivity index (χ0) is 15.1. The lowest BCUT2D eigenvalue weighted by atomic mass is 9.80. The number of nitrogens with zero attached hydrogens (tertiary/aromatic N) is 2. The molecule has 1 spiro atoms. The second-order valence-corrected chi connectivity index (χ2v) is 6.39. The molecule has 0 unspecified atom stereocenters. The Morgan fingerprint density at radius 2 is 2.14 bits per heavy atom. The van der Waals surface area contributed by atoms with Crippen LogP contribution in [0.1, 0.15) is 24.8 Å². The summed E-state index contributed by atoms with van der Waals surface area (Å²) >= 11 is 6.02. The lowest BCUT2D eigenvalue weighted by Crippen LogP contribution is -2.42. The smallest absolute Gasteiger partial charge is 0.355 e. The molecule has 0 amide bonds. The number of hydrogen-bond acceptors (Lipinski definition) is 3. The molecule has 1 atom stereocenters. The van der Waals surface area contributed by atoms with Crippen LogP contribution in [0.25, 0.3) is 0 Å². The Kier molecular flexibility index (Phi) is 3.78. The third-order valence-corrected chi connectivity index (χ3v) is 4.73. The van der Waals surface area contributed by atoms with Crippen LogP contribution >= 0.6 is 11.6 Å². The highest BCUT2D eigenvalue weighted by Gasteiger charge is 2.40. The summed E-state index contributed by atoms with van der Waals surface area (Å²) in [4.78, 5) is 5.97. The zero-order valence-electron chi connectivity index (χ0n) is 11.5. The van der Waals surface area contributed by atoms with Crippen molar-refractivity contribution >= 4 is 17.4 Å². The average molecular weight is 320 g/mol. The van der Waals surface area contributed by atoms with Gasteiger partial charge in [-0.05, 0) is 31.9 Å². The fourth-order valence-electron chi connectivity index (χ4n) is 3.31. The van der Waals surface area contributed by atoms with Gasteiger partial charge >= 0.3 is 6.18 Å². The summed E-state index contributed by atoms with van der Waals surface area (Å²) in [7, 11) is 0. The first-order valence-corrected chi connectivity index (χ1v) is 7.46. The molecule has 3 rings (SSSR count). The van der Waals surface area contributed by atoms with Crippen LogP contribution in [0.5, 0.6) is 0 Å². The minimum Gasteiger partial charge on any atom is -0.355 e. The van der Waals surface area contributed by atoms with Crippen LogP contribution in [0.2, 0.25) is 5.02 Å². The van der Waals surface area contributed by atoms with Crippen LogP contribution in [0.15, 0.2) is 12.3 Å². The molecule has 3 heterocycles. The van der Waals surface area contributed by atoms with Gasteiger partial charge in [0.25, 0.3) is 0 Å². The summed E-state index contributed by atoms with van der Waals surface area (Å²) in [5.74, 6) is 0.465. The van der Waals surface area contributed by atoms with Gasteiger partial charge in [0.1, 0.15) is 5.82 Å². The Hall–Kier alpha value is -1.01. The first-order valence-electron chi connectivity index (χ1n) is 7.08. The molecule has 2 aliphatic rings. The van der Waals surface area contributed by atoms with Gasteiger partial charge in [0, 0.05) is 31.2 Å². The van der Waals surface area contributed by atoms with Crippen molar-refractivity contribution in [1.82, 2.24) is 10.3 Å². The second-order valence-electron chi connectivity index (χ2n) is 5.98. The standard InChI is InChI=1S/C14H17ClF3N3/c15-11-6-10(14(16,17)18)7-20-12(11)21-5-3-13(9-21)2-1-4-19-8-13/h6-7,19H,1-5,8-9H2/t13-/m0/s1. The molecule has 2 fully saturated rings. The molecule has 2 saturated heterocycles. The monoisotopic (exact) mass is 319 g/mol. The van der Waals surface area contributed by atoms with Gasteiger partial charge in [-0.1, -0.05) is 11.6 Å². The van der Waals surface area contributed by atoms with E-state index in [0.717, 1.165) is 57.7 Å². The minimum absolute atomic E-state index is 0.0747. The first-order chi connectivity index (χ1) is 9.90. The summed E-state index contributed by atoms with van der Waals surface area (Å²) in [6.45, 7) is 3.60. The number of hydrogen-bond donors (Lipinski definition) is 1. The normalized spacial score (nSPS) is 26.6. The van der Waals surface area contributed by atoms with Gasteiger partial charge in [-0.3, -0.25) is 0 Å². The Morgan fingerprint density at radius 3 is 2.76 bits per heavy atom. The Balaban J connectivity index is 1.79. The lowest BCUT2D eigenvalue weighted by molar-refractivity contribution is -0.137. The number of pyridine rings is 1. The van der Waals surface area contributed by atoms with E-state index >= 15 is 0 Å². The highest BCUT2D eigenvalue weighted by Crippen LogP contribution is 2.40. The molecule has 0 aromatic carbocycles. The molecule has 21 heavy (non-hydrogen) atoms. The molecule has 7 heteroatoms. The maximum Gasteiger partial charge on any atom is 0.417 e. The number of aromatic nitrogens is 1. The van der Waals surface area contributed by atoms with Gasteiger partial charge in [-0.15, -0.1) is 0 Å². The van der Waals surface area contributed by atoms with Crippen molar-refractivity contribution in [1.29, 1.82) is 0 Å². The maximum absolute atomic E-state index is 12.6. The van der Waals surface area contributed by atoms with Gasteiger partial charge in [-0.25, -0.2) is 4.98 Å². The molecule has 0 aliphatic carbocycles. The quantitative estimate of drug-likeness (QED) is 0.860. The van der Waals surface area contributed by atoms with Crippen LogP contribution in [0.3, 0.4) is 0 Å². The third kappa shape index (κ3) is 2.97. The van der Waals surface area contributed by atoms with Gasteiger partial charge in [-0.2, -0.15) is 13.2 Å². The van der Waals surface area contributed by atoms with Crippen LogP contribution in [0, 0.1) is 5.41 Å². The van der Waals surface area contributed by atoms with E-state index in [9.17, 15) is 13.2 Å². The molecule has 0 bridgehead atoms. The fourth-order valence-corrected chi connectivity index (χ4v) is 3.60. The molecule has 1 aromatic heterocycles. The predicted molar refractivity (Wildman–Crippen MR) is 75.6 cm³/mol. The Morgan fingerprint density at radius 1 is 1.33 bits per heavy atom. The van der Waals surface area contributed by atoms with Crippen LogP contribution in [-0.2, 0) is 6.18 Å². The van der Waals surface area contributed by atoms with Crippen LogP contribution in [-0.4, -0.2) is 31.2 Å². The van der Waals surface area contributed by atoms with Crippen molar-refractivity contribution in [2.75, 3.05) is 31.1 Å². The Bertz CT molecular complexity index is 527. The molecule has 2 aliphatic heterocycles. The van der Waals surface area contributed by atoms with Crippen molar-refractivity contribution in [2.24, 2.45) is 5.41 Å². The summed E-state index contributed by atoms with van der Waals surface area (Å²) in [6.07, 6.45) is -0.226. The lowest BCUT2D eigenvalue weighted by Gasteiger charge is -2.34. The summed E-state index contributed by atoms with van der Waals surface area (Å²) in [5.41, 5.74) is -0.587. The predicted octanol–water partition coefficient (Wildman–Crippen LogP) is 3.33. The number of rotatable bonds is 1. The van der Waals surface area contributed by atoms with Crippen molar-refractivity contribution in [3.63, 3.8) is 0 Å². The topological polar surface area (TPSA) is 28.2 Å². The fraction of sp³-hybridized carbons (Fsp3) is 0.643. The van der Waals surface area contributed by atoms with Crippen molar-refractivity contribution < 1.29 is 13.2 Å². The van der Waals surface area contributed by atoms with Crippen molar-refractivity contribution in [3.8, 4) is 0 Å². The van der Waals surface area contributed by atoms with E-state index in [2.05, 4.69) is 10.3 Å². The van der Waals surface area contributed by atoms with E-state index in [-0.39, 0.29) is 10.4 Å². The van der Waals surface area contributed by atoms with Crippen LogP contribution in [0.4, 0.5) is 19.0 Å². The summed E-state index contributed by atoms with van der Waals surface area (Å²) in [6, 6.07) is 0.966. The molecule has 116 valence electrons. The first kappa shape index (κ1) is 14.9. The number of alkyl halides is 3. The number of piperidine rings is 1. The average Bonchev–Trinajstić information content (AvgIpc) is 2.82. The highest BCUT2D eigenvalue weighted by molar-refractivity contribution is 6.33. The largest absolute Gasteiger partial charge is 0.417 e. The molecule has 1 aromatic rings. The van der Waals surface area contributed by atoms with E-state index in [4.69, 9.17) is 11.6 Å². The maximum atomic E-state index is 12.6. The number of anilines is 1. The Labute approximate surface area is 126 Å². The second kappa shape index (κ2) is 5.32. The molecule has 1 N–H and O–H groups in total. The van der Waals surface area contributed by atoms with E-state index in [1.807, 2.05) is 4.90 Å².